The number of nitrogens with zero attached hydrogens (tertiary/aromatic N) is 2. The Bertz CT molecular complexity index is 381. The Kier molecular flexibility index (Phi) is 4.39. The molecule has 2 N–H and O–H groups in total. The van der Waals surface area contributed by atoms with E-state index in [-0.39, 0.29) is 5.41 Å². The van der Waals surface area contributed by atoms with Gasteiger partial charge in [-0.05, 0) is 39.1 Å². The molecule has 1 aromatic heterocycles. The van der Waals surface area contributed by atoms with E-state index in [1.807, 2.05) is 26.2 Å². The molecule has 2 atom stereocenters. The molecule has 1 saturated carbocycles. The summed E-state index contributed by atoms with van der Waals surface area (Å²) in [7, 11) is 3.98. The highest BCUT2D eigenvalue weighted by Crippen LogP contribution is 2.39. The lowest BCUT2D eigenvalue weighted by atomic mass is 9.86. The summed E-state index contributed by atoms with van der Waals surface area (Å²) in [6.45, 7) is 1.26. The molecule has 19 heavy (non-hydrogen) atoms. The van der Waals surface area contributed by atoms with Crippen molar-refractivity contribution in [1.82, 2.24) is 9.88 Å². The zero-order valence-electron chi connectivity index (χ0n) is 11.5. The van der Waals surface area contributed by atoms with Crippen LogP contribution in [0, 0.1) is 5.41 Å². The van der Waals surface area contributed by atoms with Crippen LogP contribution in [0.15, 0.2) is 24.5 Å². The molecule has 5 nitrogen and oxygen atoms in total. The maximum Gasteiger partial charge on any atom is 0.137 e. The molecule has 0 radical (unpaired) electrons. The summed E-state index contributed by atoms with van der Waals surface area (Å²) in [5.41, 5.74) is -0.210. The average Bonchev–Trinajstić information content (AvgIpc) is 2.63. The summed E-state index contributed by atoms with van der Waals surface area (Å²) >= 11 is 0. The molecule has 0 aliphatic heterocycles. The van der Waals surface area contributed by atoms with Gasteiger partial charge in [-0.2, -0.15) is 0 Å². The number of aliphatic hydroxyl groups is 2. The molecular weight excluding hydrogens is 244 g/mol. The summed E-state index contributed by atoms with van der Waals surface area (Å²) in [5.74, 6) is 0.719. The number of aromatic nitrogens is 1. The molecule has 1 aromatic rings. The Morgan fingerprint density at radius 2 is 2.05 bits per heavy atom. The second kappa shape index (κ2) is 5.86. The van der Waals surface area contributed by atoms with Crippen molar-refractivity contribution in [2.24, 2.45) is 5.41 Å². The molecular formula is C14H22N2O3. The lowest BCUT2D eigenvalue weighted by molar-refractivity contribution is 0.0438. The van der Waals surface area contributed by atoms with Crippen LogP contribution in [0.4, 0.5) is 0 Å². The quantitative estimate of drug-likeness (QED) is 0.813. The molecule has 2 rings (SSSR count). The highest BCUT2D eigenvalue weighted by molar-refractivity contribution is 5.15. The maximum atomic E-state index is 9.81. The first kappa shape index (κ1) is 14.2. The minimum absolute atomic E-state index is 0.210. The first-order valence-corrected chi connectivity index (χ1v) is 6.54. The van der Waals surface area contributed by atoms with Gasteiger partial charge in [0.15, 0.2) is 0 Å². The topological polar surface area (TPSA) is 65.8 Å². The fourth-order valence-corrected chi connectivity index (χ4v) is 2.88. The van der Waals surface area contributed by atoms with Crippen LogP contribution in [0.1, 0.15) is 12.8 Å². The van der Waals surface area contributed by atoms with Gasteiger partial charge in [0.2, 0.25) is 0 Å². The van der Waals surface area contributed by atoms with Crippen LogP contribution in [0.3, 0.4) is 0 Å². The molecule has 2 unspecified atom stereocenters. The van der Waals surface area contributed by atoms with Gasteiger partial charge in [-0.3, -0.25) is 4.98 Å². The van der Waals surface area contributed by atoms with Crippen LogP contribution in [-0.4, -0.2) is 59.6 Å². The smallest absolute Gasteiger partial charge is 0.137 e. The van der Waals surface area contributed by atoms with Gasteiger partial charge in [0.1, 0.15) is 5.75 Å². The first-order valence-electron chi connectivity index (χ1n) is 6.54. The fourth-order valence-electron chi connectivity index (χ4n) is 2.88. The molecule has 0 amide bonds. The Labute approximate surface area is 113 Å². The van der Waals surface area contributed by atoms with Crippen LogP contribution in [0.25, 0.3) is 0 Å². The van der Waals surface area contributed by atoms with Crippen LogP contribution in [0.5, 0.6) is 5.75 Å². The SMILES string of the molecule is CN(C)CC1(COc2cccnc2)CC(O)C(O)C1. The molecule has 1 aliphatic rings. The van der Waals surface area contributed by atoms with Gasteiger partial charge < -0.3 is 19.8 Å². The molecule has 5 heteroatoms. The van der Waals surface area contributed by atoms with Gasteiger partial charge in [-0.1, -0.05) is 0 Å². The number of hydrogen-bond acceptors (Lipinski definition) is 5. The van der Waals surface area contributed by atoms with Crippen molar-refractivity contribution < 1.29 is 14.9 Å². The Morgan fingerprint density at radius 3 is 2.58 bits per heavy atom. The van der Waals surface area contributed by atoms with Gasteiger partial charge in [0, 0.05) is 18.2 Å². The molecule has 1 heterocycles. The fraction of sp³-hybridized carbons (Fsp3) is 0.643. The Morgan fingerprint density at radius 1 is 1.37 bits per heavy atom. The van der Waals surface area contributed by atoms with E-state index in [0.717, 1.165) is 12.3 Å². The summed E-state index contributed by atoms with van der Waals surface area (Å²) < 4.78 is 5.78. The molecule has 1 aliphatic carbocycles. The second-order valence-electron chi connectivity index (χ2n) is 5.76. The van der Waals surface area contributed by atoms with Crippen molar-refractivity contribution in [2.75, 3.05) is 27.2 Å². The molecule has 106 valence electrons. The molecule has 0 spiro atoms. The summed E-state index contributed by atoms with van der Waals surface area (Å²) in [5, 5.41) is 19.6. The van der Waals surface area contributed by atoms with E-state index in [2.05, 4.69) is 9.88 Å². The summed E-state index contributed by atoms with van der Waals surface area (Å²) in [4.78, 5) is 6.08. The minimum Gasteiger partial charge on any atom is -0.491 e. The monoisotopic (exact) mass is 266 g/mol. The Hall–Kier alpha value is -1.17. The highest BCUT2D eigenvalue weighted by Gasteiger charge is 2.45. The molecule has 1 fully saturated rings. The summed E-state index contributed by atoms with van der Waals surface area (Å²) in [6, 6.07) is 3.68. The van der Waals surface area contributed by atoms with Crippen LogP contribution in [0.2, 0.25) is 0 Å². The third kappa shape index (κ3) is 3.65. The third-order valence-electron chi connectivity index (χ3n) is 3.56. The maximum absolute atomic E-state index is 9.81. The van der Waals surface area contributed by atoms with E-state index in [0.29, 0.717) is 19.4 Å². The predicted molar refractivity (Wildman–Crippen MR) is 72.0 cm³/mol. The van der Waals surface area contributed by atoms with Crippen LogP contribution >= 0.6 is 0 Å². The van der Waals surface area contributed by atoms with E-state index >= 15 is 0 Å². The lowest BCUT2D eigenvalue weighted by Crippen LogP contribution is -2.37. The van der Waals surface area contributed by atoms with Crippen molar-refractivity contribution in [1.29, 1.82) is 0 Å². The Balaban J connectivity index is 2.03. The number of aliphatic hydroxyl groups excluding tert-OH is 2. The number of ether oxygens (including phenoxy) is 1. The van der Waals surface area contributed by atoms with E-state index in [1.165, 1.54) is 0 Å². The zero-order chi connectivity index (χ0) is 13.9. The van der Waals surface area contributed by atoms with E-state index in [1.54, 1.807) is 12.4 Å². The van der Waals surface area contributed by atoms with Crippen molar-refractivity contribution in [2.45, 2.75) is 25.0 Å². The van der Waals surface area contributed by atoms with Gasteiger partial charge >= 0.3 is 0 Å². The average molecular weight is 266 g/mol. The molecule has 0 aromatic carbocycles. The van der Waals surface area contributed by atoms with Gasteiger partial charge in [-0.15, -0.1) is 0 Å². The standard InChI is InChI=1S/C14H22N2O3/c1-16(2)9-14(6-12(17)13(18)7-14)10-19-11-4-3-5-15-8-11/h3-5,8,12-13,17-18H,6-7,9-10H2,1-2H3. The zero-order valence-corrected chi connectivity index (χ0v) is 11.5. The highest BCUT2D eigenvalue weighted by atomic mass is 16.5. The number of hydrogen-bond donors (Lipinski definition) is 2. The number of pyridine rings is 1. The van der Waals surface area contributed by atoms with Crippen LogP contribution < -0.4 is 4.74 Å². The third-order valence-corrected chi connectivity index (χ3v) is 3.56. The van der Waals surface area contributed by atoms with Gasteiger partial charge in [0.05, 0.1) is 25.0 Å². The first-order chi connectivity index (χ1) is 9.01. The van der Waals surface area contributed by atoms with Crippen molar-refractivity contribution >= 4 is 0 Å². The normalized spacial score (nSPS) is 30.8. The lowest BCUT2D eigenvalue weighted by Gasteiger charge is -2.31. The summed E-state index contributed by atoms with van der Waals surface area (Å²) in [6.07, 6.45) is 3.19. The van der Waals surface area contributed by atoms with E-state index in [4.69, 9.17) is 4.74 Å². The number of rotatable bonds is 5. The van der Waals surface area contributed by atoms with Crippen LogP contribution in [-0.2, 0) is 0 Å². The van der Waals surface area contributed by atoms with Crippen molar-refractivity contribution in [3.63, 3.8) is 0 Å². The largest absolute Gasteiger partial charge is 0.491 e. The minimum atomic E-state index is -0.655. The molecule has 0 saturated heterocycles. The van der Waals surface area contributed by atoms with Gasteiger partial charge in [-0.25, -0.2) is 0 Å². The van der Waals surface area contributed by atoms with Gasteiger partial charge in [0.25, 0.3) is 0 Å². The second-order valence-corrected chi connectivity index (χ2v) is 5.76. The van der Waals surface area contributed by atoms with E-state index in [9.17, 15) is 10.2 Å². The molecule has 0 bridgehead atoms. The van der Waals surface area contributed by atoms with Crippen molar-refractivity contribution in [3.8, 4) is 5.75 Å². The van der Waals surface area contributed by atoms with E-state index < -0.39 is 12.2 Å². The van der Waals surface area contributed by atoms with Crippen molar-refractivity contribution in [3.05, 3.63) is 24.5 Å². The predicted octanol–water partition coefficient (Wildman–Crippen LogP) is 0.524.